The predicted molar refractivity (Wildman–Crippen MR) is 114 cm³/mol. The molecule has 12 N–H and O–H groups in total. The Hall–Kier alpha value is -0.640. The normalized spacial score (nSPS) is 53.5. The topological polar surface area (TPSA) is 271 Å². The number of ether oxygens (including phenoxy) is 6. The molecular formula is C20H37N3O13. The van der Waals surface area contributed by atoms with Crippen molar-refractivity contribution in [1.29, 1.82) is 0 Å². The Balaban J connectivity index is 1.48. The second-order valence-corrected chi connectivity index (χ2v) is 9.52. The van der Waals surface area contributed by atoms with Crippen molar-refractivity contribution in [2.45, 2.75) is 98.0 Å². The van der Waals surface area contributed by atoms with Gasteiger partial charge in [-0.25, -0.2) is 0 Å². The highest BCUT2D eigenvalue weighted by Gasteiger charge is 2.65. The highest BCUT2D eigenvalue weighted by molar-refractivity contribution is 5.15. The Morgan fingerprint density at radius 3 is 2.06 bits per heavy atom. The number of aliphatic hydroxyl groups excluding tert-OH is 6. The lowest BCUT2D eigenvalue weighted by Crippen LogP contribution is -2.64. The fourth-order valence-electron chi connectivity index (χ4n) is 4.99. The van der Waals surface area contributed by atoms with Crippen LogP contribution in [0.3, 0.4) is 0 Å². The van der Waals surface area contributed by atoms with Crippen LogP contribution in [0, 0.1) is 0 Å². The van der Waals surface area contributed by atoms with Gasteiger partial charge in [0.25, 0.3) is 0 Å². The van der Waals surface area contributed by atoms with Gasteiger partial charge < -0.3 is 75.6 Å². The summed E-state index contributed by atoms with van der Waals surface area (Å²) in [6, 6.07) is -2.86. The van der Waals surface area contributed by atoms with Gasteiger partial charge in [0.1, 0.15) is 48.8 Å². The molecule has 16 heteroatoms. The standard InChI is InChI=1S/C20H37N3O13/c1-31-18-12(22)15(29)16(7(4-25)34-18)35-10-2-9-20(30,23-9)17(8(5-26)32-10)36-19-11(21)14(28)13(27)6(3-24)33-19/h6-19,23-30H,2-5,21-22H2,1H3. The SMILES string of the molecule is COC1OC(CO)C(OC2CC3NC3(O)C(OC3OC(CO)C(O)C(O)C3N)C(CO)O2)C(O)C1N. The van der Waals surface area contributed by atoms with Crippen LogP contribution < -0.4 is 16.8 Å². The second-order valence-electron chi connectivity index (χ2n) is 9.52. The van der Waals surface area contributed by atoms with E-state index in [1.54, 1.807) is 0 Å². The van der Waals surface area contributed by atoms with E-state index in [0.29, 0.717) is 0 Å². The third kappa shape index (κ3) is 5.15. The molecule has 0 aliphatic carbocycles. The minimum atomic E-state index is -1.69. The summed E-state index contributed by atoms with van der Waals surface area (Å²) < 4.78 is 33.8. The number of aliphatic hydroxyl groups is 7. The molecule has 15 atom stereocenters. The molecule has 0 spiro atoms. The predicted octanol–water partition coefficient (Wildman–Crippen LogP) is -6.66. The van der Waals surface area contributed by atoms with E-state index in [-0.39, 0.29) is 6.42 Å². The van der Waals surface area contributed by atoms with E-state index in [4.69, 9.17) is 39.9 Å². The molecule has 0 bridgehead atoms. The van der Waals surface area contributed by atoms with Crippen LogP contribution in [0.15, 0.2) is 0 Å². The van der Waals surface area contributed by atoms with E-state index in [1.165, 1.54) is 7.11 Å². The Morgan fingerprint density at radius 1 is 0.833 bits per heavy atom. The van der Waals surface area contributed by atoms with Crippen molar-refractivity contribution in [3.63, 3.8) is 0 Å². The van der Waals surface area contributed by atoms with Crippen molar-refractivity contribution in [2.75, 3.05) is 26.9 Å². The van der Waals surface area contributed by atoms with Crippen LogP contribution >= 0.6 is 0 Å². The van der Waals surface area contributed by atoms with Gasteiger partial charge in [-0.05, 0) is 0 Å². The van der Waals surface area contributed by atoms with Gasteiger partial charge in [-0.1, -0.05) is 0 Å². The first-order valence-electron chi connectivity index (χ1n) is 11.8. The summed E-state index contributed by atoms with van der Waals surface area (Å²) in [5, 5.41) is 74.1. The van der Waals surface area contributed by atoms with Gasteiger partial charge in [0.15, 0.2) is 24.6 Å². The van der Waals surface area contributed by atoms with E-state index in [2.05, 4.69) is 5.32 Å². The Bertz CT molecular complexity index is 737. The van der Waals surface area contributed by atoms with E-state index >= 15 is 0 Å². The number of hydrogen-bond donors (Lipinski definition) is 10. The first kappa shape index (κ1) is 28.4. The zero-order chi connectivity index (χ0) is 26.4. The minimum Gasteiger partial charge on any atom is -0.394 e. The van der Waals surface area contributed by atoms with E-state index in [0.717, 1.165) is 0 Å². The molecule has 0 aromatic rings. The summed E-state index contributed by atoms with van der Waals surface area (Å²) in [6.07, 6.45) is -13.4. The van der Waals surface area contributed by atoms with E-state index < -0.39 is 111 Å². The highest BCUT2D eigenvalue weighted by atomic mass is 16.7. The zero-order valence-electron chi connectivity index (χ0n) is 19.6. The molecule has 4 heterocycles. The van der Waals surface area contributed by atoms with Crippen LogP contribution in [-0.4, -0.2) is 154 Å². The smallest absolute Gasteiger partial charge is 0.176 e. The lowest BCUT2D eigenvalue weighted by molar-refractivity contribution is -0.321. The average Bonchev–Trinajstić information content (AvgIpc) is 3.54. The maximum absolute atomic E-state index is 11.1. The quantitative estimate of drug-likeness (QED) is 0.131. The van der Waals surface area contributed by atoms with Crippen LogP contribution in [0.5, 0.6) is 0 Å². The molecule has 210 valence electrons. The Labute approximate surface area is 206 Å². The molecule has 0 aromatic heterocycles. The van der Waals surface area contributed by atoms with Crippen molar-refractivity contribution >= 4 is 0 Å². The number of rotatable bonds is 8. The molecule has 15 unspecified atom stereocenters. The molecule has 0 saturated carbocycles. The van der Waals surface area contributed by atoms with Gasteiger partial charge in [0, 0.05) is 13.5 Å². The van der Waals surface area contributed by atoms with Crippen molar-refractivity contribution in [3.05, 3.63) is 0 Å². The van der Waals surface area contributed by atoms with Gasteiger partial charge >= 0.3 is 0 Å². The molecule has 0 aromatic carbocycles. The van der Waals surface area contributed by atoms with Crippen molar-refractivity contribution in [2.24, 2.45) is 11.5 Å². The summed E-state index contributed by atoms with van der Waals surface area (Å²) in [7, 11) is 1.34. The summed E-state index contributed by atoms with van der Waals surface area (Å²) in [4.78, 5) is 0. The van der Waals surface area contributed by atoms with Gasteiger partial charge in [0.2, 0.25) is 0 Å². The molecular weight excluding hydrogens is 490 g/mol. The fourth-order valence-corrected chi connectivity index (χ4v) is 4.99. The molecule has 0 amide bonds. The third-order valence-corrected chi connectivity index (χ3v) is 7.21. The molecule has 4 aliphatic heterocycles. The Morgan fingerprint density at radius 2 is 1.44 bits per heavy atom. The third-order valence-electron chi connectivity index (χ3n) is 7.21. The lowest BCUT2D eigenvalue weighted by Gasteiger charge is -2.44. The van der Waals surface area contributed by atoms with Crippen LogP contribution in [0.25, 0.3) is 0 Å². The maximum Gasteiger partial charge on any atom is 0.176 e. The summed E-state index contributed by atoms with van der Waals surface area (Å²) in [5.74, 6) is 0. The van der Waals surface area contributed by atoms with Crippen LogP contribution in [0.4, 0.5) is 0 Å². The van der Waals surface area contributed by atoms with Gasteiger partial charge in [-0.2, -0.15) is 0 Å². The number of fused-ring (bicyclic) bond motifs is 1. The van der Waals surface area contributed by atoms with Crippen LogP contribution in [0.2, 0.25) is 0 Å². The van der Waals surface area contributed by atoms with Crippen molar-refractivity contribution < 1.29 is 64.2 Å². The summed E-state index contributed by atoms with van der Waals surface area (Å²) in [5.41, 5.74) is 10.2. The molecule has 36 heavy (non-hydrogen) atoms. The van der Waals surface area contributed by atoms with E-state index in [9.17, 15) is 35.7 Å². The largest absolute Gasteiger partial charge is 0.394 e. The second kappa shape index (κ2) is 11.2. The van der Waals surface area contributed by atoms with Crippen molar-refractivity contribution in [3.8, 4) is 0 Å². The highest BCUT2D eigenvalue weighted by Crippen LogP contribution is 2.41. The van der Waals surface area contributed by atoms with Gasteiger partial charge in [0.05, 0.1) is 37.9 Å². The average molecular weight is 528 g/mol. The first-order chi connectivity index (χ1) is 17.1. The number of nitrogens with two attached hydrogens (primary N) is 2. The Kier molecular flexibility index (Phi) is 8.85. The summed E-state index contributed by atoms with van der Waals surface area (Å²) >= 11 is 0. The molecule has 4 saturated heterocycles. The van der Waals surface area contributed by atoms with Crippen LogP contribution in [0.1, 0.15) is 6.42 Å². The van der Waals surface area contributed by atoms with Gasteiger partial charge in [-0.15, -0.1) is 0 Å². The van der Waals surface area contributed by atoms with Gasteiger partial charge in [-0.3, -0.25) is 5.32 Å². The van der Waals surface area contributed by atoms with E-state index in [1.807, 2.05) is 0 Å². The molecule has 4 rings (SSSR count). The maximum atomic E-state index is 11.1. The first-order valence-corrected chi connectivity index (χ1v) is 11.8. The number of nitrogens with one attached hydrogen (secondary N) is 1. The molecule has 16 nitrogen and oxygen atoms in total. The zero-order valence-corrected chi connectivity index (χ0v) is 19.6. The minimum absolute atomic E-state index is 0.0509. The number of hydrogen-bond acceptors (Lipinski definition) is 16. The molecule has 4 fully saturated rings. The lowest BCUT2D eigenvalue weighted by atomic mass is 9.97. The fraction of sp³-hybridized carbons (Fsp3) is 1.00. The summed E-state index contributed by atoms with van der Waals surface area (Å²) in [6.45, 7) is -1.78. The molecule has 0 radical (unpaired) electrons. The van der Waals surface area contributed by atoms with Crippen LogP contribution in [-0.2, 0) is 28.4 Å². The molecule has 4 aliphatic rings. The number of methoxy groups -OCH3 is 1. The monoisotopic (exact) mass is 527 g/mol. The van der Waals surface area contributed by atoms with Crippen molar-refractivity contribution in [1.82, 2.24) is 5.32 Å².